The molecule has 2 N–H and O–H groups in total. The van der Waals surface area contributed by atoms with Crippen LogP contribution in [0.4, 0.5) is 0 Å². The number of nitrogens with two attached hydrogens (primary N) is 1. The van der Waals surface area contributed by atoms with Crippen LogP contribution in [-0.2, 0) is 6.54 Å². The third-order valence-corrected chi connectivity index (χ3v) is 2.93. The maximum absolute atomic E-state index is 5.70. The molecular weight excluding hydrogens is 224 g/mol. The minimum Gasteiger partial charge on any atom is -0.326 e. The lowest BCUT2D eigenvalue weighted by Crippen LogP contribution is -2.04. The van der Waals surface area contributed by atoms with Crippen LogP contribution in [0.25, 0.3) is 16.7 Å². The van der Waals surface area contributed by atoms with E-state index in [1.54, 1.807) is 0 Å². The largest absolute Gasteiger partial charge is 0.326 e. The van der Waals surface area contributed by atoms with Crippen LogP contribution in [0.3, 0.4) is 0 Å². The van der Waals surface area contributed by atoms with Crippen LogP contribution < -0.4 is 5.73 Å². The second kappa shape index (κ2) is 4.23. The average Bonchev–Trinajstić information content (AvgIpc) is 2.81. The first-order valence-electron chi connectivity index (χ1n) is 5.89. The Hall–Kier alpha value is -2.20. The Kier molecular flexibility index (Phi) is 2.57. The molecular formula is C14H14N4. The Morgan fingerprint density at radius 2 is 2.06 bits per heavy atom. The molecule has 3 rings (SSSR count). The highest BCUT2D eigenvalue weighted by Gasteiger charge is 2.06. The molecule has 3 aromatic rings. The quantitative estimate of drug-likeness (QED) is 0.744. The summed E-state index contributed by atoms with van der Waals surface area (Å²) in [5.74, 6) is 0.816. The Morgan fingerprint density at radius 3 is 2.89 bits per heavy atom. The Morgan fingerprint density at radius 1 is 1.22 bits per heavy atom. The molecule has 0 spiro atoms. The molecule has 18 heavy (non-hydrogen) atoms. The van der Waals surface area contributed by atoms with Gasteiger partial charge >= 0.3 is 0 Å². The maximum Gasteiger partial charge on any atom is 0.154 e. The van der Waals surface area contributed by atoms with Crippen molar-refractivity contribution in [2.75, 3.05) is 0 Å². The summed E-state index contributed by atoms with van der Waals surface area (Å²) in [7, 11) is 0. The Balaban J connectivity index is 2.22. The van der Waals surface area contributed by atoms with Gasteiger partial charge in [-0.05, 0) is 30.7 Å². The molecule has 90 valence electrons. The molecule has 0 aliphatic carbocycles. The van der Waals surface area contributed by atoms with E-state index in [0.29, 0.717) is 6.54 Å². The average molecular weight is 238 g/mol. The number of fused-ring (bicyclic) bond motifs is 1. The second-order valence-electron chi connectivity index (χ2n) is 4.29. The van der Waals surface area contributed by atoms with Crippen molar-refractivity contribution in [2.24, 2.45) is 5.73 Å². The Labute approximate surface area is 105 Å². The lowest BCUT2D eigenvalue weighted by Gasteiger charge is -2.06. The first-order valence-corrected chi connectivity index (χ1v) is 5.89. The van der Waals surface area contributed by atoms with Gasteiger partial charge < -0.3 is 5.73 Å². The topological polar surface area (TPSA) is 56.7 Å². The van der Waals surface area contributed by atoms with Crippen LogP contribution >= 0.6 is 0 Å². The van der Waals surface area contributed by atoms with Crippen molar-refractivity contribution in [3.63, 3.8) is 0 Å². The molecule has 4 nitrogen and oxygen atoms in total. The highest BCUT2D eigenvalue weighted by Crippen LogP contribution is 2.17. The number of hydrogen-bond donors (Lipinski definition) is 1. The highest BCUT2D eigenvalue weighted by atomic mass is 15.3. The lowest BCUT2D eigenvalue weighted by molar-refractivity contribution is 0.859. The van der Waals surface area contributed by atoms with Crippen molar-refractivity contribution in [2.45, 2.75) is 13.5 Å². The molecule has 0 aliphatic heterocycles. The summed E-state index contributed by atoms with van der Waals surface area (Å²) in [5, 5.41) is 5.50. The van der Waals surface area contributed by atoms with Crippen molar-refractivity contribution < 1.29 is 0 Å². The molecule has 0 saturated heterocycles. The van der Waals surface area contributed by atoms with Gasteiger partial charge in [-0.3, -0.25) is 0 Å². The van der Waals surface area contributed by atoms with Crippen molar-refractivity contribution in [3.8, 4) is 5.82 Å². The van der Waals surface area contributed by atoms with Gasteiger partial charge in [0.2, 0.25) is 0 Å². The molecule has 0 unspecified atom stereocenters. The summed E-state index contributed by atoms with van der Waals surface area (Å²) in [6, 6.07) is 12.1. The molecule has 1 aromatic carbocycles. The van der Waals surface area contributed by atoms with Crippen LogP contribution in [0.2, 0.25) is 0 Å². The van der Waals surface area contributed by atoms with Crippen LogP contribution in [0, 0.1) is 6.92 Å². The van der Waals surface area contributed by atoms with Gasteiger partial charge in [0.1, 0.15) is 0 Å². The van der Waals surface area contributed by atoms with E-state index in [0.717, 1.165) is 28.0 Å². The molecule has 0 radical (unpaired) electrons. The fourth-order valence-corrected chi connectivity index (χ4v) is 2.10. The number of aromatic nitrogens is 3. The summed E-state index contributed by atoms with van der Waals surface area (Å²) < 4.78 is 1.85. The number of benzene rings is 1. The van der Waals surface area contributed by atoms with Crippen LogP contribution in [0.15, 0.2) is 42.6 Å². The Bertz CT molecular complexity index is 700. The fourth-order valence-electron chi connectivity index (χ4n) is 2.10. The zero-order chi connectivity index (χ0) is 12.5. The van der Waals surface area contributed by atoms with E-state index in [1.165, 1.54) is 0 Å². The van der Waals surface area contributed by atoms with Gasteiger partial charge in [-0.15, -0.1) is 0 Å². The van der Waals surface area contributed by atoms with Crippen LogP contribution in [0.5, 0.6) is 0 Å². The summed E-state index contributed by atoms with van der Waals surface area (Å²) in [6.07, 6.45) is 1.85. The minimum absolute atomic E-state index is 0.509. The lowest BCUT2D eigenvalue weighted by atomic mass is 10.2. The summed E-state index contributed by atoms with van der Waals surface area (Å²) in [4.78, 5) is 4.52. The molecule has 4 heteroatoms. The zero-order valence-corrected chi connectivity index (χ0v) is 10.2. The molecule has 2 aromatic heterocycles. The highest BCUT2D eigenvalue weighted by molar-refractivity contribution is 5.79. The van der Waals surface area contributed by atoms with Gasteiger partial charge in [-0.1, -0.05) is 18.2 Å². The van der Waals surface area contributed by atoms with Crippen molar-refractivity contribution in [1.29, 1.82) is 0 Å². The first-order chi connectivity index (χ1) is 8.78. The van der Waals surface area contributed by atoms with Gasteiger partial charge in [0, 0.05) is 17.6 Å². The van der Waals surface area contributed by atoms with E-state index in [-0.39, 0.29) is 0 Å². The van der Waals surface area contributed by atoms with Crippen LogP contribution in [0.1, 0.15) is 11.3 Å². The molecule has 0 bridgehead atoms. The predicted molar refractivity (Wildman–Crippen MR) is 71.5 cm³/mol. The van der Waals surface area contributed by atoms with Gasteiger partial charge in [-0.2, -0.15) is 5.10 Å². The number of aryl methyl sites for hydroxylation is 1. The number of hydrogen-bond acceptors (Lipinski definition) is 3. The zero-order valence-electron chi connectivity index (χ0n) is 10.2. The van der Waals surface area contributed by atoms with Gasteiger partial charge in [0.25, 0.3) is 0 Å². The summed E-state index contributed by atoms with van der Waals surface area (Å²) in [6.45, 7) is 2.48. The molecule has 0 atom stereocenters. The van der Waals surface area contributed by atoms with E-state index in [4.69, 9.17) is 5.73 Å². The molecule has 0 aliphatic rings. The van der Waals surface area contributed by atoms with Gasteiger partial charge in [-0.25, -0.2) is 9.67 Å². The standard InChI is InChI=1S/C14H14N4/c1-10-6-11(8-15)7-14(17-10)18-13-5-3-2-4-12(13)9-16-18/h2-7,9H,8,15H2,1H3. The van der Waals surface area contributed by atoms with Gasteiger partial charge in [0.05, 0.1) is 11.7 Å². The van der Waals surface area contributed by atoms with E-state index in [1.807, 2.05) is 54.2 Å². The number of para-hydroxylation sites is 1. The number of pyridine rings is 1. The van der Waals surface area contributed by atoms with E-state index < -0.39 is 0 Å². The van der Waals surface area contributed by atoms with Crippen molar-refractivity contribution in [3.05, 3.63) is 53.9 Å². The van der Waals surface area contributed by atoms with Gasteiger partial charge in [0.15, 0.2) is 5.82 Å². The summed E-state index contributed by atoms with van der Waals surface area (Å²) >= 11 is 0. The molecule has 2 heterocycles. The van der Waals surface area contributed by atoms with E-state index >= 15 is 0 Å². The number of nitrogens with zero attached hydrogens (tertiary/aromatic N) is 3. The third-order valence-electron chi connectivity index (χ3n) is 2.93. The number of rotatable bonds is 2. The van der Waals surface area contributed by atoms with Crippen molar-refractivity contribution >= 4 is 10.9 Å². The molecule has 0 fully saturated rings. The first kappa shape index (κ1) is 10.9. The molecule has 0 amide bonds. The SMILES string of the molecule is Cc1cc(CN)cc(-n2ncc3ccccc32)n1. The predicted octanol–water partition coefficient (Wildman–Crippen LogP) is 2.19. The minimum atomic E-state index is 0.509. The normalized spacial score (nSPS) is 11.0. The maximum atomic E-state index is 5.70. The van der Waals surface area contributed by atoms with E-state index in [9.17, 15) is 0 Å². The molecule has 0 saturated carbocycles. The van der Waals surface area contributed by atoms with E-state index in [2.05, 4.69) is 10.1 Å². The second-order valence-corrected chi connectivity index (χ2v) is 4.29. The third kappa shape index (κ3) is 1.76. The van der Waals surface area contributed by atoms with Crippen LogP contribution in [-0.4, -0.2) is 14.8 Å². The summed E-state index contributed by atoms with van der Waals surface area (Å²) in [5.41, 5.74) is 8.77. The van der Waals surface area contributed by atoms with Crippen molar-refractivity contribution in [1.82, 2.24) is 14.8 Å². The fraction of sp³-hybridized carbons (Fsp3) is 0.143. The smallest absolute Gasteiger partial charge is 0.154 e. The monoisotopic (exact) mass is 238 g/mol.